The molecule has 4 rings (SSSR count). The molecule has 1 heterocycles. The van der Waals surface area contributed by atoms with Crippen molar-refractivity contribution in [2.45, 2.75) is 20.0 Å². The number of carbonyl (C=O) groups is 1. The minimum absolute atomic E-state index is 0.0767. The van der Waals surface area contributed by atoms with Crippen LogP contribution in [0.15, 0.2) is 72.8 Å². The number of non-ortho nitro benzene ring substituents is 1. The average molecular weight is 473 g/mol. The lowest BCUT2D eigenvalue weighted by Crippen LogP contribution is -2.12. The first-order valence-corrected chi connectivity index (χ1v) is 10.8. The molecule has 10 nitrogen and oxygen atoms in total. The summed E-state index contributed by atoms with van der Waals surface area (Å²) in [5.74, 6) is 0.942. The minimum atomic E-state index is -0.512. The molecule has 0 saturated carbocycles. The normalized spacial score (nSPS) is 10.7. The van der Waals surface area contributed by atoms with E-state index in [4.69, 9.17) is 9.47 Å². The standard InChI is InChI=1S/C25H23N5O5/c1-16(2)35-25-27-23(17-6-14-22(34-3)15-7-17)29(28-25)20-12-8-19(9-13-20)26-24(31)18-4-10-21(11-5-18)30(32)33/h4-16H,1-3H3,(H,26,31). The fourth-order valence-corrected chi connectivity index (χ4v) is 3.28. The van der Waals surface area contributed by atoms with Crippen LogP contribution in [0.4, 0.5) is 11.4 Å². The Morgan fingerprint density at radius 3 is 2.23 bits per heavy atom. The Kier molecular flexibility index (Phi) is 6.72. The predicted molar refractivity (Wildman–Crippen MR) is 130 cm³/mol. The zero-order valence-electron chi connectivity index (χ0n) is 19.3. The van der Waals surface area contributed by atoms with Gasteiger partial charge in [0.05, 0.1) is 23.8 Å². The van der Waals surface area contributed by atoms with Gasteiger partial charge in [-0.2, -0.15) is 4.98 Å². The summed E-state index contributed by atoms with van der Waals surface area (Å²) in [7, 11) is 1.61. The van der Waals surface area contributed by atoms with Crippen LogP contribution in [0.5, 0.6) is 11.8 Å². The summed E-state index contributed by atoms with van der Waals surface area (Å²) >= 11 is 0. The van der Waals surface area contributed by atoms with Crippen molar-refractivity contribution in [1.29, 1.82) is 0 Å². The molecule has 0 atom stereocenters. The first kappa shape index (κ1) is 23.4. The third-order valence-electron chi connectivity index (χ3n) is 4.99. The summed E-state index contributed by atoms with van der Waals surface area (Å²) in [4.78, 5) is 27.4. The molecule has 10 heteroatoms. The highest BCUT2D eigenvalue weighted by atomic mass is 16.6. The number of amides is 1. The predicted octanol–water partition coefficient (Wildman–Crippen LogP) is 4.89. The van der Waals surface area contributed by atoms with Crippen molar-refractivity contribution >= 4 is 17.3 Å². The summed E-state index contributed by atoms with van der Waals surface area (Å²) in [6, 6.07) is 20.2. The van der Waals surface area contributed by atoms with Gasteiger partial charge < -0.3 is 14.8 Å². The molecule has 0 aliphatic rings. The minimum Gasteiger partial charge on any atom is -0.497 e. The number of methoxy groups -OCH3 is 1. The summed E-state index contributed by atoms with van der Waals surface area (Å²) in [6.07, 6.45) is -0.0911. The average Bonchev–Trinajstić information content (AvgIpc) is 3.27. The molecule has 1 N–H and O–H groups in total. The van der Waals surface area contributed by atoms with E-state index in [1.165, 1.54) is 24.3 Å². The Labute approximate surface area is 201 Å². The molecule has 0 spiro atoms. The van der Waals surface area contributed by atoms with Gasteiger partial charge in [0.1, 0.15) is 5.75 Å². The molecule has 1 amide bonds. The molecule has 0 radical (unpaired) electrons. The molecule has 0 saturated heterocycles. The van der Waals surface area contributed by atoms with E-state index in [9.17, 15) is 14.9 Å². The van der Waals surface area contributed by atoms with Crippen LogP contribution < -0.4 is 14.8 Å². The lowest BCUT2D eigenvalue weighted by atomic mass is 10.2. The Morgan fingerprint density at radius 2 is 1.66 bits per heavy atom. The fourth-order valence-electron chi connectivity index (χ4n) is 3.28. The summed E-state index contributed by atoms with van der Waals surface area (Å²) < 4.78 is 12.6. The van der Waals surface area contributed by atoms with Crippen molar-refractivity contribution in [3.05, 3.63) is 88.5 Å². The number of anilines is 1. The van der Waals surface area contributed by atoms with E-state index in [2.05, 4.69) is 15.4 Å². The van der Waals surface area contributed by atoms with Gasteiger partial charge in [-0.1, -0.05) is 0 Å². The highest BCUT2D eigenvalue weighted by Crippen LogP contribution is 2.26. The zero-order valence-corrected chi connectivity index (χ0v) is 19.3. The van der Waals surface area contributed by atoms with Crippen LogP contribution in [0.3, 0.4) is 0 Å². The molecule has 0 bridgehead atoms. The fraction of sp³-hybridized carbons (Fsp3) is 0.160. The van der Waals surface area contributed by atoms with Gasteiger partial charge in [0.15, 0.2) is 5.82 Å². The van der Waals surface area contributed by atoms with Crippen LogP contribution >= 0.6 is 0 Å². The number of carbonyl (C=O) groups excluding carboxylic acids is 1. The van der Waals surface area contributed by atoms with Gasteiger partial charge in [0, 0.05) is 28.9 Å². The molecular formula is C25H23N5O5. The number of nitrogens with zero attached hydrogens (tertiary/aromatic N) is 4. The van der Waals surface area contributed by atoms with Crippen LogP contribution in [0.1, 0.15) is 24.2 Å². The number of benzene rings is 3. The van der Waals surface area contributed by atoms with Crippen LogP contribution in [0.2, 0.25) is 0 Å². The Morgan fingerprint density at radius 1 is 1.00 bits per heavy atom. The van der Waals surface area contributed by atoms with Crippen molar-refractivity contribution in [1.82, 2.24) is 14.8 Å². The molecule has 35 heavy (non-hydrogen) atoms. The lowest BCUT2D eigenvalue weighted by Gasteiger charge is -2.09. The van der Waals surface area contributed by atoms with Crippen molar-refractivity contribution in [2.75, 3.05) is 12.4 Å². The summed E-state index contributed by atoms with van der Waals surface area (Å²) in [5, 5.41) is 18.1. The third kappa shape index (κ3) is 5.44. The number of nitro benzene ring substituents is 1. The molecule has 0 unspecified atom stereocenters. The van der Waals surface area contributed by atoms with Gasteiger partial charge in [-0.15, -0.1) is 5.10 Å². The SMILES string of the molecule is COc1ccc(-c2nc(OC(C)C)nn2-c2ccc(NC(=O)c3ccc([N+](=O)[O-])cc3)cc2)cc1. The lowest BCUT2D eigenvalue weighted by molar-refractivity contribution is -0.384. The van der Waals surface area contributed by atoms with Crippen molar-refractivity contribution in [3.8, 4) is 28.8 Å². The number of aromatic nitrogens is 3. The number of rotatable bonds is 8. The maximum Gasteiger partial charge on any atom is 0.336 e. The van der Waals surface area contributed by atoms with E-state index in [-0.39, 0.29) is 23.7 Å². The van der Waals surface area contributed by atoms with Gasteiger partial charge in [-0.05, 0) is 74.5 Å². The summed E-state index contributed by atoms with van der Waals surface area (Å²) in [5.41, 5.74) is 2.34. The molecule has 3 aromatic carbocycles. The second kappa shape index (κ2) is 10.0. The summed E-state index contributed by atoms with van der Waals surface area (Å²) in [6.45, 7) is 3.80. The molecule has 0 fully saturated rings. The number of nitro groups is 1. The van der Waals surface area contributed by atoms with Gasteiger partial charge in [-0.3, -0.25) is 14.9 Å². The maximum absolute atomic E-state index is 12.5. The van der Waals surface area contributed by atoms with E-state index in [1.807, 2.05) is 38.1 Å². The second-order valence-corrected chi connectivity index (χ2v) is 7.83. The van der Waals surface area contributed by atoms with E-state index in [1.54, 1.807) is 36.1 Å². The third-order valence-corrected chi connectivity index (χ3v) is 4.99. The maximum atomic E-state index is 12.5. The van der Waals surface area contributed by atoms with E-state index < -0.39 is 4.92 Å². The topological polar surface area (TPSA) is 121 Å². The molecule has 1 aromatic heterocycles. The van der Waals surface area contributed by atoms with E-state index in [0.717, 1.165) is 17.0 Å². The number of hydrogen-bond donors (Lipinski definition) is 1. The Hall–Kier alpha value is -4.73. The van der Waals surface area contributed by atoms with Crippen LogP contribution in [0, 0.1) is 10.1 Å². The van der Waals surface area contributed by atoms with E-state index >= 15 is 0 Å². The Balaban J connectivity index is 1.58. The first-order chi connectivity index (χ1) is 16.8. The van der Waals surface area contributed by atoms with Crippen molar-refractivity contribution in [3.63, 3.8) is 0 Å². The first-order valence-electron chi connectivity index (χ1n) is 10.8. The smallest absolute Gasteiger partial charge is 0.336 e. The van der Waals surface area contributed by atoms with Crippen LogP contribution in [-0.2, 0) is 0 Å². The van der Waals surface area contributed by atoms with Gasteiger partial charge in [0.25, 0.3) is 11.6 Å². The van der Waals surface area contributed by atoms with Crippen molar-refractivity contribution in [2.24, 2.45) is 0 Å². The molecule has 4 aromatic rings. The monoisotopic (exact) mass is 473 g/mol. The molecule has 0 aliphatic carbocycles. The molecule has 0 aliphatic heterocycles. The number of ether oxygens (including phenoxy) is 2. The van der Waals surface area contributed by atoms with E-state index in [0.29, 0.717) is 17.1 Å². The van der Waals surface area contributed by atoms with Gasteiger partial charge >= 0.3 is 6.01 Å². The van der Waals surface area contributed by atoms with Crippen molar-refractivity contribution < 1.29 is 19.2 Å². The van der Waals surface area contributed by atoms with Crippen LogP contribution in [0.25, 0.3) is 17.1 Å². The highest BCUT2D eigenvalue weighted by molar-refractivity contribution is 6.04. The molecule has 178 valence electrons. The highest BCUT2D eigenvalue weighted by Gasteiger charge is 2.16. The second-order valence-electron chi connectivity index (χ2n) is 7.83. The largest absolute Gasteiger partial charge is 0.497 e. The molecular weight excluding hydrogens is 450 g/mol. The number of nitrogens with one attached hydrogen (secondary N) is 1. The van der Waals surface area contributed by atoms with Gasteiger partial charge in [-0.25, -0.2) is 4.68 Å². The quantitative estimate of drug-likeness (QED) is 0.286. The Bertz CT molecular complexity index is 1330. The van der Waals surface area contributed by atoms with Crippen LogP contribution in [-0.4, -0.2) is 38.8 Å². The van der Waals surface area contributed by atoms with Gasteiger partial charge in [0.2, 0.25) is 0 Å². The zero-order chi connectivity index (χ0) is 24.9. The number of hydrogen-bond acceptors (Lipinski definition) is 7.